The summed E-state index contributed by atoms with van der Waals surface area (Å²) >= 11 is 1.34. The number of amides is 1. The number of ether oxygens (including phenoxy) is 1. The van der Waals surface area contributed by atoms with Crippen LogP contribution < -0.4 is 10.5 Å². The number of amidine groups is 1. The molecule has 106 valence electrons. The Labute approximate surface area is 116 Å². The highest BCUT2D eigenvalue weighted by Gasteiger charge is 2.22. The summed E-state index contributed by atoms with van der Waals surface area (Å²) in [6.07, 6.45) is 0. The number of carbonyl (C=O) groups excluding carboxylic acids is 1. The average molecular weight is 285 g/mol. The third kappa shape index (κ3) is 3.60. The van der Waals surface area contributed by atoms with Crippen molar-refractivity contribution in [2.24, 2.45) is 16.8 Å². The number of methoxy groups -OCH3 is 1. The highest BCUT2D eigenvalue weighted by Crippen LogP contribution is 2.26. The van der Waals surface area contributed by atoms with Crippen molar-refractivity contribution in [3.63, 3.8) is 0 Å². The Morgan fingerprint density at radius 1 is 1.68 bits per heavy atom. The molecule has 6 nitrogen and oxygen atoms in total. The maximum atomic E-state index is 12.4. The first-order valence-electron chi connectivity index (χ1n) is 5.93. The first kappa shape index (κ1) is 15.3. The second-order valence-corrected chi connectivity index (χ2v) is 5.00. The van der Waals surface area contributed by atoms with E-state index in [4.69, 9.17) is 15.7 Å². The zero-order chi connectivity index (χ0) is 14.4. The molecule has 1 rings (SSSR count). The molecule has 0 saturated carbocycles. The quantitative estimate of drug-likeness (QED) is 0.360. The van der Waals surface area contributed by atoms with Gasteiger partial charge in [-0.1, -0.05) is 12.1 Å². The number of oxime groups is 1. The molecule has 0 aromatic carbocycles. The van der Waals surface area contributed by atoms with Crippen molar-refractivity contribution in [1.82, 2.24) is 4.90 Å². The Morgan fingerprint density at radius 2 is 2.37 bits per heavy atom. The van der Waals surface area contributed by atoms with Crippen LogP contribution in [-0.4, -0.2) is 42.0 Å². The van der Waals surface area contributed by atoms with Crippen LogP contribution in [0.5, 0.6) is 5.75 Å². The van der Waals surface area contributed by atoms with E-state index in [0.717, 1.165) is 0 Å². The van der Waals surface area contributed by atoms with Gasteiger partial charge in [0.05, 0.1) is 7.11 Å². The molecule has 1 aromatic rings. The van der Waals surface area contributed by atoms with Gasteiger partial charge in [0.15, 0.2) is 0 Å². The number of hydrogen-bond acceptors (Lipinski definition) is 5. The van der Waals surface area contributed by atoms with E-state index >= 15 is 0 Å². The molecule has 1 atom stereocenters. The van der Waals surface area contributed by atoms with E-state index in [-0.39, 0.29) is 17.7 Å². The second kappa shape index (κ2) is 6.98. The number of nitrogens with two attached hydrogens (primary N) is 1. The maximum absolute atomic E-state index is 12.4. The third-order valence-electron chi connectivity index (χ3n) is 2.83. The fraction of sp³-hybridized carbons (Fsp3) is 0.500. The van der Waals surface area contributed by atoms with Crippen LogP contribution >= 0.6 is 11.3 Å². The number of hydrogen-bond donors (Lipinski definition) is 2. The molecule has 3 N–H and O–H groups in total. The molecule has 0 fully saturated rings. The van der Waals surface area contributed by atoms with Crippen molar-refractivity contribution in [2.75, 3.05) is 20.2 Å². The number of rotatable bonds is 6. The predicted octanol–water partition coefficient (Wildman–Crippen LogP) is 1.60. The lowest BCUT2D eigenvalue weighted by molar-refractivity contribution is 0.0755. The Hall–Kier alpha value is -1.76. The van der Waals surface area contributed by atoms with Crippen LogP contribution in [0, 0.1) is 5.92 Å². The van der Waals surface area contributed by atoms with E-state index in [1.54, 1.807) is 17.9 Å². The van der Waals surface area contributed by atoms with Crippen molar-refractivity contribution < 1.29 is 14.7 Å². The minimum atomic E-state index is -0.208. The summed E-state index contributed by atoms with van der Waals surface area (Å²) < 4.78 is 5.15. The van der Waals surface area contributed by atoms with E-state index < -0.39 is 0 Å². The SMILES string of the molecule is CCN(CC(C)/C(N)=N/O)C(=O)c1sccc1OC. The predicted molar refractivity (Wildman–Crippen MR) is 75.0 cm³/mol. The second-order valence-electron chi connectivity index (χ2n) is 4.09. The molecule has 0 bridgehead atoms. The Kier molecular flexibility index (Phi) is 5.62. The zero-order valence-electron chi connectivity index (χ0n) is 11.3. The summed E-state index contributed by atoms with van der Waals surface area (Å²) in [5, 5.41) is 13.4. The fourth-order valence-electron chi connectivity index (χ4n) is 1.64. The summed E-state index contributed by atoms with van der Waals surface area (Å²) in [5.41, 5.74) is 5.53. The molecule has 1 unspecified atom stereocenters. The van der Waals surface area contributed by atoms with E-state index in [2.05, 4.69) is 5.16 Å². The van der Waals surface area contributed by atoms with Gasteiger partial charge in [-0.3, -0.25) is 4.79 Å². The largest absolute Gasteiger partial charge is 0.495 e. The Bertz CT molecular complexity index is 459. The molecule has 7 heteroatoms. The Balaban J connectivity index is 2.83. The van der Waals surface area contributed by atoms with Gasteiger partial charge >= 0.3 is 0 Å². The van der Waals surface area contributed by atoms with E-state index in [9.17, 15) is 4.79 Å². The molecule has 0 aliphatic carbocycles. The molecule has 0 radical (unpaired) electrons. The smallest absolute Gasteiger partial charge is 0.267 e. The van der Waals surface area contributed by atoms with Gasteiger partial charge in [-0.05, 0) is 18.4 Å². The molecule has 1 amide bonds. The van der Waals surface area contributed by atoms with Crippen LogP contribution in [-0.2, 0) is 0 Å². The zero-order valence-corrected chi connectivity index (χ0v) is 12.1. The highest BCUT2D eigenvalue weighted by molar-refractivity contribution is 7.12. The average Bonchev–Trinajstić information content (AvgIpc) is 2.90. The summed E-state index contributed by atoms with van der Waals surface area (Å²) in [5.74, 6) is 0.376. The third-order valence-corrected chi connectivity index (χ3v) is 3.71. The van der Waals surface area contributed by atoms with E-state index in [1.807, 2.05) is 12.3 Å². The van der Waals surface area contributed by atoms with Gasteiger partial charge in [0.2, 0.25) is 0 Å². The van der Waals surface area contributed by atoms with E-state index in [0.29, 0.717) is 23.7 Å². The lowest BCUT2D eigenvalue weighted by Crippen LogP contribution is -2.38. The van der Waals surface area contributed by atoms with Gasteiger partial charge in [0, 0.05) is 19.0 Å². The standard InChI is InChI=1S/C12H19N3O3S/c1-4-15(7-8(2)11(13)14-17)12(16)10-9(18-3)5-6-19-10/h5-6,8,17H,4,7H2,1-3H3,(H2,13,14). The normalized spacial score (nSPS) is 13.1. The van der Waals surface area contributed by atoms with Crippen LogP contribution in [0.3, 0.4) is 0 Å². The van der Waals surface area contributed by atoms with Crippen molar-refractivity contribution in [3.05, 3.63) is 16.3 Å². The maximum Gasteiger partial charge on any atom is 0.267 e. The van der Waals surface area contributed by atoms with Crippen LogP contribution in [0.4, 0.5) is 0 Å². The molecule has 0 saturated heterocycles. The van der Waals surface area contributed by atoms with Gasteiger partial charge in [0.1, 0.15) is 16.5 Å². The molecular formula is C12H19N3O3S. The molecule has 19 heavy (non-hydrogen) atoms. The molecule has 0 spiro atoms. The van der Waals surface area contributed by atoms with Crippen LogP contribution in [0.1, 0.15) is 23.5 Å². The van der Waals surface area contributed by atoms with Gasteiger partial charge in [0.25, 0.3) is 5.91 Å². The minimum Gasteiger partial charge on any atom is -0.495 e. The molecule has 1 aromatic heterocycles. The lowest BCUT2D eigenvalue weighted by atomic mass is 10.1. The highest BCUT2D eigenvalue weighted by atomic mass is 32.1. The topological polar surface area (TPSA) is 88.1 Å². The number of nitrogens with zero attached hydrogens (tertiary/aromatic N) is 2. The number of carbonyl (C=O) groups is 1. The monoisotopic (exact) mass is 285 g/mol. The van der Waals surface area contributed by atoms with E-state index in [1.165, 1.54) is 18.4 Å². The summed E-state index contributed by atoms with van der Waals surface area (Å²) in [7, 11) is 1.54. The van der Waals surface area contributed by atoms with Gasteiger partial charge in [-0.25, -0.2) is 0 Å². The molecule has 0 aliphatic heterocycles. The molecule has 1 heterocycles. The van der Waals surface area contributed by atoms with Crippen molar-refractivity contribution in [2.45, 2.75) is 13.8 Å². The van der Waals surface area contributed by atoms with Gasteiger partial charge < -0.3 is 20.6 Å². The summed E-state index contributed by atoms with van der Waals surface area (Å²) in [6, 6.07) is 1.76. The van der Waals surface area contributed by atoms with Crippen LogP contribution in [0.15, 0.2) is 16.6 Å². The molecule has 0 aliphatic rings. The summed E-state index contributed by atoms with van der Waals surface area (Å²) in [6.45, 7) is 4.63. The summed E-state index contributed by atoms with van der Waals surface area (Å²) in [4.78, 5) is 14.6. The van der Waals surface area contributed by atoms with Crippen molar-refractivity contribution in [1.29, 1.82) is 0 Å². The minimum absolute atomic E-state index is 0.105. The van der Waals surface area contributed by atoms with Gasteiger partial charge in [-0.2, -0.15) is 0 Å². The fourth-order valence-corrected chi connectivity index (χ4v) is 2.46. The number of thiophene rings is 1. The Morgan fingerprint density at radius 3 is 2.89 bits per heavy atom. The van der Waals surface area contributed by atoms with Crippen molar-refractivity contribution in [3.8, 4) is 5.75 Å². The van der Waals surface area contributed by atoms with Crippen LogP contribution in [0.2, 0.25) is 0 Å². The molecular weight excluding hydrogens is 266 g/mol. The van der Waals surface area contributed by atoms with Crippen molar-refractivity contribution >= 4 is 23.1 Å². The van der Waals surface area contributed by atoms with Gasteiger partial charge in [-0.15, -0.1) is 11.3 Å². The lowest BCUT2D eigenvalue weighted by Gasteiger charge is -2.23. The first-order valence-corrected chi connectivity index (χ1v) is 6.81. The first-order chi connectivity index (χ1) is 9.04. The van der Waals surface area contributed by atoms with Crippen LogP contribution in [0.25, 0.3) is 0 Å².